The number of aliphatic hydroxyl groups excluding tert-OH is 2. The van der Waals surface area contributed by atoms with E-state index in [2.05, 4.69) is 19.2 Å². The second-order valence-corrected chi connectivity index (χ2v) is 15.5. The standard InChI is InChI=1S/C47H56FN3O10/c1-4-25-58-37-21-22-42-40(28-37)44-38(12-8-10-24-53)34(11-7-9-23-52)27-39-41(49-60-31-33-15-19-36(20-16-33)51(55)56)29-43(47(61-42,45(39)44)59-26-5-2)50(46(54)57-6-3)30-32-13-17-35(48)18-14-32/h4-5,13-22,27-28,34,38,43-45,52-53H,1-2,6-12,23-26,29-31H2,3H3. The van der Waals surface area contributed by atoms with Crippen molar-refractivity contribution in [3.05, 3.63) is 136 Å². The zero-order valence-corrected chi connectivity index (χ0v) is 34.7. The molecule has 1 fully saturated rings. The quantitative estimate of drug-likeness (QED) is 0.0433. The molecular formula is C47H56FN3O10. The molecule has 0 saturated heterocycles. The molecule has 1 saturated carbocycles. The van der Waals surface area contributed by atoms with Gasteiger partial charge in [0.2, 0.25) is 5.79 Å². The van der Waals surface area contributed by atoms with E-state index in [1.807, 2.05) is 18.2 Å². The SMILES string of the molecule is C=CCOc1ccc2c(c1)C1C(CCCCO)C(CCCCO)C=C3C(=NOCc4ccc([N+](=O)[O-])cc4)CC(N(Cc4ccc(F)cc4)C(=O)OCC)C(OCC=C)(O2)C31. The van der Waals surface area contributed by atoms with Crippen LogP contribution in [0.4, 0.5) is 14.9 Å². The van der Waals surface area contributed by atoms with Crippen molar-refractivity contribution in [2.24, 2.45) is 22.9 Å². The largest absolute Gasteiger partial charge is 0.490 e. The van der Waals surface area contributed by atoms with E-state index in [1.165, 1.54) is 24.3 Å². The number of non-ortho nitro benzene ring substituents is 1. The van der Waals surface area contributed by atoms with Crippen LogP contribution in [0.15, 0.2) is 109 Å². The van der Waals surface area contributed by atoms with Crippen LogP contribution in [0.3, 0.4) is 0 Å². The Balaban J connectivity index is 1.58. The third-order valence-electron chi connectivity index (χ3n) is 11.7. The van der Waals surface area contributed by atoms with E-state index >= 15 is 0 Å². The van der Waals surface area contributed by atoms with E-state index in [-0.39, 0.29) is 76.0 Å². The van der Waals surface area contributed by atoms with Gasteiger partial charge in [-0.25, -0.2) is 9.18 Å². The number of ether oxygens (including phenoxy) is 4. The first-order valence-electron chi connectivity index (χ1n) is 21.0. The number of allylic oxidation sites excluding steroid dienone is 1. The van der Waals surface area contributed by atoms with E-state index in [9.17, 15) is 29.5 Å². The fourth-order valence-electron chi connectivity index (χ4n) is 9.09. The number of rotatable bonds is 22. The Kier molecular flexibility index (Phi) is 15.7. The average molecular weight is 842 g/mol. The third kappa shape index (κ3) is 10.3. The first-order valence-corrected chi connectivity index (χ1v) is 21.0. The van der Waals surface area contributed by atoms with Crippen LogP contribution in [0.25, 0.3) is 0 Å². The number of oxime groups is 1. The maximum Gasteiger partial charge on any atom is 0.410 e. The molecule has 1 heterocycles. The van der Waals surface area contributed by atoms with Crippen molar-refractivity contribution >= 4 is 17.5 Å². The van der Waals surface area contributed by atoms with Crippen molar-refractivity contribution in [2.45, 2.75) is 82.8 Å². The highest BCUT2D eigenvalue weighted by atomic mass is 19.1. The molecule has 1 aliphatic heterocycles. The molecule has 0 spiro atoms. The molecule has 6 unspecified atom stereocenters. The van der Waals surface area contributed by atoms with Crippen molar-refractivity contribution in [1.29, 1.82) is 0 Å². The molecule has 6 atom stereocenters. The number of halogens is 1. The van der Waals surface area contributed by atoms with Gasteiger partial charge >= 0.3 is 6.09 Å². The van der Waals surface area contributed by atoms with Crippen LogP contribution >= 0.6 is 0 Å². The van der Waals surface area contributed by atoms with Crippen molar-refractivity contribution < 1.29 is 48.1 Å². The van der Waals surface area contributed by atoms with Crippen molar-refractivity contribution in [3.63, 3.8) is 0 Å². The smallest absolute Gasteiger partial charge is 0.410 e. The van der Waals surface area contributed by atoms with Crippen molar-refractivity contribution in [3.8, 4) is 11.5 Å². The maximum atomic E-state index is 14.4. The zero-order chi connectivity index (χ0) is 43.4. The molecular weight excluding hydrogens is 786 g/mol. The highest BCUT2D eigenvalue weighted by Gasteiger charge is 2.65. The summed E-state index contributed by atoms with van der Waals surface area (Å²) in [7, 11) is 0. The summed E-state index contributed by atoms with van der Waals surface area (Å²) in [5, 5.41) is 35.9. The van der Waals surface area contributed by atoms with Gasteiger partial charge in [-0.05, 0) is 104 Å². The number of nitro benzene ring substituents is 1. The molecule has 3 aliphatic rings. The van der Waals surface area contributed by atoms with Gasteiger partial charge in [0.25, 0.3) is 5.69 Å². The molecule has 14 heteroatoms. The monoisotopic (exact) mass is 841 g/mol. The second-order valence-electron chi connectivity index (χ2n) is 15.5. The molecule has 0 radical (unpaired) electrons. The Hall–Kier alpha value is -5.57. The van der Waals surface area contributed by atoms with Gasteiger partial charge in [0.15, 0.2) is 0 Å². The molecule has 0 aromatic heterocycles. The van der Waals surface area contributed by atoms with Gasteiger partial charge in [0.1, 0.15) is 36.6 Å². The van der Waals surface area contributed by atoms with E-state index in [0.717, 1.165) is 36.8 Å². The lowest BCUT2D eigenvalue weighted by molar-refractivity contribution is -0.384. The number of carbonyl (C=O) groups excluding carboxylic acids is 1. The van der Waals surface area contributed by atoms with E-state index in [1.54, 1.807) is 48.2 Å². The summed E-state index contributed by atoms with van der Waals surface area (Å²) in [5.74, 6) is -1.68. The number of fused-ring (bicyclic) bond motifs is 2. The summed E-state index contributed by atoms with van der Waals surface area (Å²) in [6, 6.07) is 16.8. The highest BCUT2D eigenvalue weighted by Crippen LogP contribution is 2.62. The minimum Gasteiger partial charge on any atom is -0.490 e. The Morgan fingerprint density at radius 3 is 2.38 bits per heavy atom. The predicted octanol–water partition coefficient (Wildman–Crippen LogP) is 8.79. The van der Waals surface area contributed by atoms with Gasteiger partial charge in [0.05, 0.1) is 29.8 Å². The maximum absolute atomic E-state index is 14.4. The molecule has 2 aliphatic carbocycles. The Morgan fingerprint density at radius 1 is 1.00 bits per heavy atom. The lowest BCUT2D eigenvalue weighted by Crippen LogP contribution is -2.70. The summed E-state index contributed by atoms with van der Waals surface area (Å²) in [5.41, 5.74) is 3.54. The van der Waals surface area contributed by atoms with Gasteiger partial charge in [-0.3, -0.25) is 15.0 Å². The first kappa shape index (κ1) is 45.0. The fourth-order valence-corrected chi connectivity index (χ4v) is 9.09. The van der Waals surface area contributed by atoms with Crippen LogP contribution in [0.1, 0.15) is 74.5 Å². The molecule has 326 valence electrons. The average Bonchev–Trinajstić information content (AvgIpc) is 3.26. The predicted molar refractivity (Wildman–Crippen MR) is 227 cm³/mol. The lowest BCUT2D eigenvalue weighted by Gasteiger charge is -2.59. The minimum atomic E-state index is -1.54. The second kappa shape index (κ2) is 21.3. The van der Waals surface area contributed by atoms with Crippen molar-refractivity contribution in [2.75, 3.05) is 33.0 Å². The topological polar surface area (TPSA) is 162 Å². The molecule has 0 bridgehead atoms. The Morgan fingerprint density at radius 2 is 1.70 bits per heavy atom. The van der Waals surface area contributed by atoms with Crippen LogP contribution in [-0.2, 0) is 27.5 Å². The van der Waals surface area contributed by atoms with E-state index < -0.39 is 34.6 Å². The highest BCUT2D eigenvalue weighted by molar-refractivity contribution is 6.03. The number of hydrogen-bond acceptors (Lipinski definition) is 11. The van der Waals surface area contributed by atoms with Gasteiger partial charge in [-0.2, -0.15) is 0 Å². The fraction of sp³-hybridized carbons (Fsp3) is 0.447. The molecule has 13 nitrogen and oxygen atoms in total. The molecule has 2 N–H and O–H groups in total. The number of hydrogen-bond donors (Lipinski definition) is 2. The van der Waals surface area contributed by atoms with Gasteiger partial charge in [0, 0.05) is 49.8 Å². The van der Waals surface area contributed by atoms with E-state index in [4.69, 9.17) is 28.9 Å². The summed E-state index contributed by atoms with van der Waals surface area (Å²) in [4.78, 5) is 32.9. The first-order chi connectivity index (χ1) is 29.7. The molecule has 1 amide bonds. The number of amides is 1. The summed E-state index contributed by atoms with van der Waals surface area (Å²) >= 11 is 0. The number of aliphatic hydroxyl groups is 2. The number of nitrogens with zero attached hydrogens (tertiary/aromatic N) is 3. The minimum absolute atomic E-state index is 0.000839. The third-order valence-corrected chi connectivity index (χ3v) is 11.7. The number of unbranched alkanes of at least 4 members (excludes halogenated alkanes) is 2. The Bertz CT molecular complexity index is 2040. The molecule has 3 aromatic rings. The van der Waals surface area contributed by atoms with Gasteiger partial charge < -0.3 is 34.0 Å². The van der Waals surface area contributed by atoms with Crippen LogP contribution in [0.2, 0.25) is 0 Å². The molecule has 3 aromatic carbocycles. The number of carbonyl (C=O) groups is 1. The summed E-state index contributed by atoms with van der Waals surface area (Å²) in [6.07, 6.45) is 9.28. The van der Waals surface area contributed by atoms with Gasteiger partial charge in [-0.1, -0.05) is 54.9 Å². The lowest BCUT2D eigenvalue weighted by atomic mass is 9.55. The van der Waals surface area contributed by atoms with Crippen molar-refractivity contribution in [1.82, 2.24) is 4.90 Å². The normalized spacial score (nSPS) is 23.1. The van der Waals surface area contributed by atoms with Gasteiger partial charge in [-0.15, -0.1) is 6.58 Å². The Labute approximate surface area is 356 Å². The van der Waals surface area contributed by atoms with Crippen LogP contribution < -0.4 is 9.47 Å². The van der Waals surface area contributed by atoms with Crippen LogP contribution in [0, 0.1) is 33.7 Å². The number of benzene rings is 3. The number of nitro groups is 1. The molecule has 6 rings (SSSR count). The zero-order valence-electron chi connectivity index (χ0n) is 34.7. The van der Waals surface area contributed by atoms with E-state index in [0.29, 0.717) is 41.2 Å². The summed E-state index contributed by atoms with van der Waals surface area (Å²) in [6.45, 7) is 10.1. The molecule has 61 heavy (non-hydrogen) atoms. The summed E-state index contributed by atoms with van der Waals surface area (Å²) < 4.78 is 40.3. The van der Waals surface area contributed by atoms with Crippen LogP contribution in [-0.4, -0.2) is 76.7 Å². The van der Waals surface area contributed by atoms with Crippen LogP contribution in [0.5, 0.6) is 11.5 Å².